The zero-order valence-electron chi connectivity index (χ0n) is 20.0. The standard InChI is InChI=1S/C27H34N/c1-18(2)24-14-19(3)20(4)26(17-24)27-25-11-10-22(15-21-8-6-7-9-21)16-23(25)12-13-28(27)5/h10-14,16-18,21H,6-9,15H2,1-5H3/q+1/i13D,18D. The average Bonchev–Trinajstić information content (AvgIpc) is 3.18. The highest BCUT2D eigenvalue weighted by atomic mass is 14.9. The van der Waals surface area contributed by atoms with E-state index in [0.29, 0.717) is 6.17 Å². The Morgan fingerprint density at radius 3 is 2.57 bits per heavy atom. The first-order chi connectivity index (χ1) is 14.1. The predicted octanol–water partition coefficient (Wildman–Crippen LogP) is 6.80. The normalized spacial score (nSPS) is 16.5. The topological polar surface area (TPSA) is 3.88 Å². The highest BCUT2D eigenvalue weighted by Gasteiger charge is 2.20. The van der Waals surface area contributed by atoms with Crippen molar-refractivity contribution in [2.45, 2.75) is 65.7 Å². The van der Waals surface area contributed by atoms with Gasteiger partial charge in [-0.1, -0.05) is 57.7 Å². The van der Waals surface area contributed by atoms with Crippen LogP contribution in [0.5, 0.6) is 0 Å². The Balaban J connectivity index is 1.90. The summed E-state index contributed by atoms with van der Waals surface area (Å²) in [7, 11) is 1.98. The smallest absolute Gasteiger partial charge is 0.200 e. The summed E-state index contributed by atoms with van der Waals surface area (Å²) >= 11 is 0. The molecule has 28 heavy (non-hydrogen) atoms. The van der Waals surface area contributed by atoms with Gasteiger partial charge in [0.2, 0.25) is 5.69 Å². The highest BCUT2D eigenvalue weighted by molar-refractivity contribution is 5.94. The number of hydrogen-bond acceptors (Lipinski definition) is 0. The molecule has 0 unspecified atom stereocenters. The molecule has 0 saturated heterocycles. The maximum absolute atomic E-state index is 8.61. The van der Waals surface area contributed by atoms with Gasteiger partial charge in [0, 0.05) is 7.44 Å². The van der Waals surface area contributed by atoms with Crippen LogP contribution in [0.4, 0.5) is 0 Å². The van der Waals surface area contributed by atoms with Gasteiger partial charge in [0.05, 0.1) is 10.9 Å². The van der Waals surface area contributed by atoms with Crippen molar-refractivity contribution in [3.63, 3.8) is 0 Å². The van der Waals surface area contributed by atoms with E-state index in [1.165, 1.54) is 47.8 Å². The second-order valence-electron chi connectivity index (χ2n) is 8.92. The molecule has 0 spiro atoms. The molecular formula is C27H34N+. The third kappa shape index (κ3) is 3.60. The predicted molar refractivity (Wildman–Crippen MR) is 120 cm³/mol. The Morgan fingerprint density at radius 1 is 1.11 bits per heavy atom. The molecule has 1 aliphatic carbocycles. The number of pyridine rings is 1. The summed E-state index contributed by atoms with van der Waals surface area (Å²) in [6, 6.07) is 13.1. The zero-order chi connectivity index (χ0) is 21.6. The largest absolute Gasteiger partial charge is 0.220 e. The van der Waals surface area contributed by atoms with Gasteiger partial charge in [-0.25, -0.2) is 4.57 Å². The van der Waals surface area contributed by atoms with Gasteiger partial charge in [-0.3, -0.25) is 0 Å². The number of aryl methyl sites for hydroxylation is 1. The van der Waals surface area contributed by atoms with Crippen molar-refractivity contribution in [3.05, 3.63) is 64.8 Å². The van der Waals surface area contributed by atoms with Gasteiger partial charge >= 0.3 is 0 Å². The van der Waals surface area contributed by atoms with E-state index < -0.39 is 5.89 Å². The van der Waals surface area contributed by atoms with Crippen molar-refractivity contribution in [1.29, 1.82) is 0 Å². The Kier molecular flexibility index (Phi) is 4.61. The molecule has 3 aromatic rings. The quantitative estimate of drug-likeness (QED) is 0.442. The first-order valence-electron chi connectivity index (χ1n) is 11.7. The summed E-state index contributed by atoms with van der Waals surface area (Å²) in [5, 5.41) is 2.34. The van der Waals surface area contributed by atoms with E-state index in [9.17, 15) is 0 Å². The molecule has 1 heteroatoms. The van der Waals surface area contributed by atoms with E-state index in [4.69, 9.17) is 2.74 Å². The number of benzene rings is 2. The summed E-state index contributed by atoms with van der Waals surface area (Å²) in [4.78, 5) is 0. The van der Waals surface area contributed by atoms with Gasteiger partial charge in [0.15, 0.2) is 6.17 Å². The van der Waals surface area contributed by atoms with E-state index in [2.05, 4.69) is 44.2 Å². The summed E-state index contributed by atoms with van der Waals surface area (Å²) in [6.45, 7) is 8.16. The zero-order valence-corrected chi connectivity index (χ0v) is 18.0. The fourth-order valence-electron chi connectivity index (χ4n) is 4.75. The SMILES string of the molecule is [2H]c1cc2cc(CC3CCCC3)ccc2c(-c2cc(C([2H])(C)C)cc(C)c2C)[n+]1C. The molecule has 1 saturated carbocycles. The summed E-state index contributed by atoms with van der Waals surface area (Å²) in [6.07, 6.45) is 7.12. The second-order valence-corrected chi connectivity index (χ2v) is 8.92. The Morgan fingerprint density at radius 2 is 1.86 bits per heavy atom. The summed E-state index contributed by atoms with van der Waals surface area (Å²) < 4.78 is 19.1. The minimum Gasteiger partial charge on any atom is -0.200 e. The van der Waals surface area contributed by atoms with Gasteiger partial charge in [0.1, 0.15) is 8.42 Å². The van der Waals surface area contributed by atoms with Crippen LogP contribution >= 0.6 is 0 Å². The Labute approximate surface area is 173 Å². The van der Waals surface area contributed by atoms with Crippen LogP contribution in [0.2, 0.25) is 0 Å². The van der Waals surface area contributed by atoms with Gasteiger partial charge in [-0.15, -0.1) is 0 Å². The van der Waals surface area contributed by atoms with Crippen molar-refractivity contribution in [1.82, 2.24) is 0 Å². The maximum Gasteiger partial charge on any atom is 0.220 e. The lowest BCUT2D eigenvalue weighted by molar-refractivity contribution is -0.659. The molecule has 2 aromatic carbocycles. The number of nitrogens with zero attached hydrogens (tertiary/aromatic N) is 1. The highest BCUT2D eigenvalue weighted by Crippen LogP contribution is 2.34. The molecule has 1 aromatic heterocycles. The third-order valence-corrected chi connectivity index (χ3v) is 6.62. The van der Waals surface area contributed by atoms with Crippen LogP contribution in [0.1, 0.15) is 70.4 Å². The molecular weight excluding hydrogens is 338 g/mol. The van der Waals surface area contributed by atoms with Crippen molar-refractivity contribution >= 4 is 10.8 Å². The Hall–Kier alpha value is -2.15. The van der Waals surface area contributed by atoms with Gasteiger partial charge in [-0.2, -0.15) is 0 Å². The molecule has 0 bridgehead atoms. The van der Waals surface area contributed by atoms with Crippen LogP contribution in [-0.4, -0.2) is 0 Å². The van der Waals surface area contributed by atoms with Gasteiger partial charge < -0.3 is 0 Å². The fourth-order valence-corrected chi connectivity index (χ4v) is 4.75. The Bertz CT molecular complexity index is 1100. The first-order valence-corrected chi connectivity index (χ1v) is 10.7. The molecule has 1 aliphatic rings. The van der Waals surface area contributed by atoms with Crippen molar-refractivity contribution in [2.75, 3.05) is 0 Å². The second kappa shape index (κ2) is 7.70. The molecule has 4 rings (SSSR count). The molecule has 0 N–H and O–H groups in total. The molecule has 1 fully saturated rings. The van der Waals surface area contributed by atoms with E-state index in [1.807, 2.05) is 31.5 Å². The van der Waals surface area contributed by atoms with Crippen LogP contribution in [0, 0.1) is 19.8 Å². The molecule has 1 heterocycles. The minimum atomic E-state index is -0.658. The average molecular weight is 375 g/mol. The molecule has 146 valence electrons. The molecule has 1 nitrogen and oxygen atoms in total. The van der Waals surface area contributed by atoms with Crippen LogP contribution in [0.25, 0.3) is 22.0 Å². The molecule has 0 amide bonds. The molecule has 0 radical (unpaired) electrons. The number of rotatable bonds is 4. The lowest BCUT2D eigenvalue weighted by atomic mass is 9.90. The fraction of sp³-hybridized carbons (Fsp3) is 0.444. The van der Waals surface area contributed by atoms with Gasteiger partial charge in [0.25, 0.3) is 0 Å². The number of fused-ring (bicyclic) bond motifs is 1. The van der Waals surface area contributed by atoms with Crippen LogP contribution in [-0.2, 0) is 13.5 Å². The number of hydrogen-bond donors (Lipinski definition) is 0. The third-order valence-electron chi connectivity index (χ3n) is 6.62. The monoisotopic (exact) mass is 374 g/mol. The van der Waals surface area contributed by atoms with Crippen molar-refractivity contribution in [3.8, 4) is 11.3 Å². The van der Waals surface area contributed by atoms with Crippen molar-refractivity contribution < 1.29 is 7.31 Å². The summed E-state index contributed by atoms with van der Waals surface area (Å²) in [5.41, 5.74) is 7.04. The first kappa shape index (κ1) is 16.8. The van der Waals surface area contributed by atoms with E-state index in [0.717, 1.165) is 34.5 Å². The van der Waals surface area contributed by atoms with E-state index in [1.54, 1.807) is 0 Å². The van der Waals surface area contributed by atoms with Gasteiger partial charge in [-0.05, 0) is 71.9 Å². The number of aromatic nitrogens is 1. The molecule has 0 atom stereocenters. The van der Waals surface area contributed by atoms with Crippen LogP contribution < -0.4 is 4.57 Å². The maximum atomic E-state index is 8.61. The summed E-state index contributed by atoms with van der Waals surface area (Å²) in [5.74, 6) is 0.160. The van der Waals surface area contributed by atoms with E-state index in [-0.39, 0.29) is 0 Å². The molecule has 0 aliphatic heterocycles. The van der Waals surface area contributed by atoms with Crippen molar-refractivity contribution in [2.24, 2.45) is 13.0 Å². The lowest BCUT2D eigenvalue weighted by Gasteiger charge is -2.15. The minimum absolute atomic E-state index is 0.517. The lowest BCUT2D eigenvalue weighted by Crippen LogP contribution is -2.31. The van der Waals surface area contributed by atoms with Crippen LogP contribution in [0.15, 0.2) is 42.6 Å². The van der Waals surface area contributed by atoms with E-state index >= 15 is 0 Å². The van der Waals surface area contributed by atoms with Crippen LogP contribution in [0.3, 0.4) is 0 Å².